The maximum atomic E-state index is 12.9. The van der Waals surface area contributed by atoms with Crippen LogP contribution in [0.3, 0.4) is 0 Å². The van der Waals surface area contributed by atoms with Gasteiger partial charge in [-0.1, -0.05) is 37.3 Å². The lowest BCUT2D eigenvalue weighted by Crippen LogP contribution is -2.36. The molecule has 1 saturated heterocycles. The predicted octanol–water partition coefficient (Wildman–Crippen LogP) is 6.92. The van der Waals surface area contributed by atoms with Gasteiger partial charge in [0.2, 0.25) is 6.79 Å². The summed E-state index contributed by atoms with van der Waals surface area (Å²) in [4.78, 5) is 15.5. The molecule has 1 amide bonds. The van der Waals surface area contributed by atoms with Crippen LogP contribution in [0.2, 0.25) is 0 Å². The van der Waals surface area contributed by atoms with E-state index >= 15 is 0 Å². The van der Waals surface area contributed by atoms with Crippen LogP contribution in [0.5, 0.6) is 11.5 Å². The molecule has 0 bridgehead atoms. The van der Waals surface area contributed by atoms with Gasteiger partial charge in [-0.25, -0.2) is 0 Å². The Labute approximate surface area is 233 Å². The number of carbonyl (C=O) groups excluding carboxylic acids is 1. The summed E-state index contributed by atoms with van der Waals surface area (Å²) in [6.45, 7) is 6.89. The van der Waals surface area contributed by atoms with Crippen molar-refractivity contribution in [3.05, 3.63) is 92.6 Å². The molecule has 2 heterocycles. The van der Waals surface area contributed by atoms with Crippen molar-refractivity contribution in [2.75, 3.05) is 19.9 Å². The third-order valence-corrected chi connectivity index (χ3v) is 8.52. The smallest absolute Gasteiger partial charge is 0.251 e. The number of nitrogens with one attached hydrogen (secondary N) is 1. The summed E-state index contributed by atoms with van der Waals surface area (Å²) in [5.74, 6) is 2.36. The molecule has 0 radical (unpaired) electrons. The summed E-state index contributed by atoms with van der Waals surface area (Å²) in [6, 6.07) is 23.3. The highest BCUT2D eigenvalue weighted by atomic mass is 127. The van der Waals surface area contributed by atoms with Gasteiger partial charge in [-0.15, -0.1) is 0 Å². The van der Waals surface area contributed by atoms with Crippen LogP contribution in [0.1, 0.15) is 72.2 Å². The second-order valence-corrected chi connectivity index (χ2v) is 11.4. The fourth-order valence-electron chi connectivity index (χ4n) is 5.41. The van der Waals surface area contributed by atoms with Gasteiger partial charge in [-0.05, 0) is 127 Å². The zero-order valence-corrected chi connectivity index (χ0v) is 23.7. The van der Waals surface area contributed by atoms with E-state index in [2.05, 4.69) is 95.2 Å². The van der Waals surface area contributed by atoms with Gasteiger partial charge in [-0.3, -0.25) is 9.69 Å². The summed E-state index contributed by atoms with van der Waals surface area (Å²) in [7, 11) is 0. The monoisotopic (exact) mass is 610 g/mol. The van der Waals surface area contributed by atoms with Crippen molar-refractivity contribution in [1.29, 1.82) is 0 Å². The first-order valence-electron chi connectivity index (χ1n) is 13.3. The molecule has 194 valence electrons. The van der Waals surface area contributed by atoms with Gasteiger partial charge in [0.15, 0.2) is 11.5 Å². The van der Waals surface area contributed by atoms with Crippen LogP contribution in [0, 0.1) is 9.49 Å². The lowest BCUT2D eigenvalue weighted by molar-refractivity contribution is 0.0935. The molecular formula is C31H35IN2O3. The molecule has 3 aromatic carbocycles. The van der Waals surface area contributed by atoms with Crippen LogP contribution in [0.15, 0.2) is 66.7 Å². The van der Waals surface area contributed by atoms with Crippen LogP contribution in [0.25, 0.3) is 0 Å². The third kappa shape index (κ3) is 6.29. The van der Waals surface area contributed by atoms with Crippen molar-refractivity contribution in [2.24, 2.45) is 5.92 Å². The maximum absolute atomic E-state index is 12.9. The van der Waals surface area contributed by atoms with Crippen molar-refractivity contribution in [1.82, 2.24) is 10.2 Å². The average Bonchev–Trinajstić information content (AvgIpc) is 3.41. The molecule has 6 heteroatoms. The van der Waals surface area contributed by atoms with E-state index in [1.54, 1.807) is 0 Å². The fraction of sp³-hybridized carbons (Fsp3) is 0.387. The molecule has 5 nitrogen and oxygen atoms in total. The van der Waals surface area contributed by atoms with E-state index in [1.165, 1.54) is 27.5 Å². The number of piperidine rings is 1. The summed E-state index contributed by atoms with van der Waals surface area (Å²) in [6.07, 6.45) is 4.29. The van der Waals surface area contributed by atoms with Crippen LogP contribution >= 0.6 is 22.6 Å². The first-order valence-corrected chi connectivity index (χ1v) is 14.4. The lowest BCUT2D eigenvalue weighted by atomic mass is 9.89. The number of likely N-dealkylation sites (tertiary alicyclic amines) is 1. The van der Waals surface area contributed by atoms with Crippen molar-refractivity contribution >= 4 is 28.5 Å². The van der Waals surface area contributed by atoms with Crippen LogP contribution in [-0.4, -0.2) is 30.7 Å². The molecule has 2 aliphatic heterocycles. The second kappa shape index (κ2) is 11.9. The number of nitrogens with zero attached hydrogens (tertiary/aromatic N) is 1. The number of amides is 1. The first-order chi connectivity index (χ1) is 18.0. The van der Waals surface area contributed by atoms with E-state index < -0.39 is 0 Å². The Morgan fingerprint density at radius 1 is 0.973 bits per heavy atom. The number of benzene rings is 3. The summed E-state index contributed by atoms with van der Waals surface area (Å²) in [5, 5.41) is 3.20. The molecule has 0 aliphatic carbocycles. The molecule has 37 heavy (non-hydrogen) atoms. The summed E-state index contributed by atoms with van der Waals surface area (Å²) >= 11 is 2.30. The Hall–Kier alpha value is -2.58. The highest BCUT2D eigenvalue weighted by molar-refractivity contribution is 14.1. The third-order valence-electron chi connectivity index (χ3n) is 7.80. The van der Waals surface area contributed by atoms with E-state index in [4.69, 9.17) is 9.47 Å². The largest absolute Gasteiger partial charge is 0.454 e. The molecule has 1 N–H and O–H groups in total. The molecule has 0 spiro atoms. The highest BCUT2D eigenvalue weighted by Crippen LogP contribution is 2.36. The van der Waals surface area contributed by atoms with Crippen LogP contribution in [-0.2, 0) is 6.42 Å². The minimum absolute atomic E-state index is 0.0113. The number of hydrogen-bond acceptors (Lipinski definition) is 4. The zero-order valence-electron chi connectivity index (χ0n) is 21.6. The van der Waals surface area contributed by atoms with Gasteiger partial charge in [0, 0.05) is 15.2 Å². The van der Waals surface area contributed by atoms with E-state index in [1.807, 2.05) is 18.2 Å². The Kier molecular flexibility index (Phi) is 8.35. The Morgan fingerprint density at radius 2 is 1.65 bits per heavy atom. The zero-order chi connectivity index (χ0) is 25.8. The molecule has 0 aromatic heterocycles. The maximum Gasteiger partial charge on any atom is 0.251 e. The average molecular weight is 611 g/mol. The number of rotatable bonds is 8. The first kappa shape index (κ1) is 26.0. The number of hydrogen-bond donors (Lipinski definition) is 1. The second-order valence-electron chi connectivity index (χ2n) is 10.2. The van der Waals surface area contributed by atoms with Crippen molar-refractivity contribution in [2.45, 2.75) is 51.6 Å². The van der Waals surface area contributed by atoms with E-state index in [-0.39, 0.29) is 11.9 Å². The van der Waals surface area contributed by atoms with Gasteiger partial charge in [-0.2, -0.15) is 0 Å². The minimum Gasteiger partial charge on any atom is -0.454 e. The Morgan fingerprint density at radius 3 is 2.35 bits per heavy atom. The molecule has 5 rings (SSSR count). The number of halogens is 1. The van der Waals surface area contributed by atoms with Gasteiger partial charge >= 0.3 is 0 Å². The quantitative estimate of drug-likeness (QED) is 0.282. The van der Waals surface area contributed by atoms with Gasteiger partial charge in [0.25, 0.3) is 5.91 Å². The highest BCUT2D eigenvalue weighted by Gasteiger charge is 2.25. The molecule has 3 aromatic rings. The van der Waals surface area contributed by atoms with Crippen LogP contribution in [0.4, 0.5) is 0 Å². The molecule has 0 saturated carbocycles. The van der Waals surface area contributed by atoms with Crippen molar-refractivity contribution in [3.8, 4) is 11.5 Å². The van der Waals surface area contributed by atoms with Gasteiger partial charge < -0.3 is 14.8 Å². The molecule has 1 fully saturated rings. The number of carbonyl (C=O) groups is 1. The standard InChI is InChI=1S/C31H35IN2O3/c1-3-28(24-8-11-27(32)12-9-24)33-31(35)25-6-4-22(5-7-25)18-23-14-16-34(17-15-23)21(2)26-10-13-29-30(19-26)37-20-36-29/h4-13,19,21,23,28H,3,14-18,20H2,1-2H3,(H,33,35). The Bertz CT molecular complexity index is 1200. The molecule has 2 atom stereocenters. The van der Waals surface area contributed by atoms with Gasteiger partial charge in [0.1, 0.15) is 0 Å². The number of fused-ring (bicyclic) bond motifs is 1. The van der Waals surface area contributed by atoms with Crippen molar-refractivity contribution < 1.29 is 14.3 Å². The molecule has 2 aliphatic rings. The Balaban J connectivity index is 1.12. The normalized spacial score (nSPS) is 17.4. The molecule has 2 unspecified atom stereocenters. The van der Waals surface area contributed by atoms with E-state index in [0.717, 1.165) is 48.6 Å². The van der Waals surface area contributed by atoms with E-state index in [9.17, 15) is 4.79 Å². The van der Waals surface area contributed by atoms with E-state index in [0.29, 0.717) is 18.8 Å². The summed E-state index contributed by atoms with van der Waals surface area (Å²) in [5.41, 5.74) is 4.46. The lowest BCUT2D eigenvalue weighted by Gasteiger charge is -2.36. The topological polar surface area (TPSA) is 50.8 Å². The number of ether oxygens (including phenoxy) is 2. The minimum atomic E-state index is -0.0113. The fourth-order valence-corrected chi connectivity index (χ4v) is 5.77. The SMILES string of the molecule is CCC(NC(=O)c1ccc(CC2CCN(C(C)c3ccc4c(c3)OCO4)CC2)cc1)c1ccc(I)cc1. The molecular weight excluding hydrogens is 575 g/mol. The predicted molar refractivity (Wildman–Crippen MR) is 155 cm³/mol. The van der Waals surface area contributed by atoms with Crippen molar-refractivity contribution in [3.63, 3.8) is 0 Å². The summed E-state index contributed by atoms with van der Waals surface area (Å²) < 4.78 is 12.2. The van der Waals surface area contributed by atoms with Crippen LogP contribution < -0.4 is 14.8 Å². The van der Waals surface area contributed by atoms with Gasteiger partial charge in [0.05, 0.1) is 6.04 Å².